The van der Waals surface area contributed by atoms with E-state index in [1.54, 1.807) is 12.0 Å². The minimum absolute atomic E-state index is 0.187. The number of esters is 1. The van der Waals surface area contributed by atoms with Crippen molar-refractivity contribution in [2.75, 3.05) is 27.3 Å². The lowest BCUT2D eigenvalue weighted by Gasteiger charge is -2.24. The van der Waals surface area contributed by atoms with E-state index >= 15 is 0 Å². The van der Waals surface area contributed by atoms with Crippen LogP contribution >= 0.6 is 0 Å². The van der Waals surface area contributed by atoms with Crippen LogP contribution in [0.2, 0.25) is 0 Å². The Morgan fingerprint density at radius 1 is 1.03 bits per heavy atom. The fraction of sp³-hybridized carbons (Fsp3) is 0.652. The van der Waals surface area contributed by atoms with Crippen molar-refractivity contribution in [2.24, 2.45) is 5.92 Å². The monoisotopic (exact) mass is 419 g/mol. The maximum atomic E-state index is 12.6. The highest BCUT2D eigenvalue weighted by Crippen LogP contribution is 2.39. The fourth-order valence-electron chi connectivity index (χ4n) is 4.21. The molecule has 1 heterocycles. The first-order valence-corrected chi connectivity index (χ1v) is 10.6. The number of benzene rings is 1. The lowest BCUT2D eigenvalue weighted by Crippen LogP contribution is -2.36. The Morgan fingerprint density at radius 2 is 1.73 bits per heavy atom. The lowest BCUT2D eigenvalue weighted by molar-refractivity contribution is -0.145. The van der Waals surface area contributed by atoms with Crippen molar-refractivity contribution in [3.05, 3.63) is 23.8 Å². The Bertz CT molecular complexity index is 765. The molecule has 0 aromatic heterocycles. The van der Waals surface area contributed by atoms with Crippen LogP contribution in [0.5, 0.6) is 11.5 Å². The van der Waals surface area contributed by atoms with Crippen molar-refractivity contribution in [3.8, 4) is 11.5 Å². The lowest BCUT2D eigenvalue weighted by atomic mass is 9.89. The standard InChI is InChI=1S/C23H33NO6/c1-23(2,3)30-22(26)24-13-17(18(14-24)21(25)28-5)15-10-11-19(27-4)20(12-15)29-16-8-6-7-9-16/h10-12,16-18H,6-9,13-14H2,1-5H3/t17-,18+/m1/s1. The average Bonchev–Trinajstić information content (AvgIpc) is 3.36. The number of likely N-dealkylation sites (tertiary alicyclic amines) is 1. The van der Waals surface area contributed by atoms with Gasteiger partial charge in [-0.05, 0) is 64.2 Å². The Kier molecular flexibility index (Phi) is 6.78. The van der Waals surface area contributed by atoms with E-state index < -0.39 is 17.6 Å². The zero-order chi connectivity index (χ0) is 21.9. The number of nitrogens with zero attached hydrogens (tertiary/aromatic N) is 1. The van der Waals surface area contributed by atoms with Crippen LogP contribution in [0.15, 0.2) is 18.2 Å². The number of rotatable bonds is 5. The SMILES string of the molecule is COC(=O)[C@H]1CN(C(=O)OC(C)(C)C)C[C@@H]1c1ccc(OC)c(OC2CCCC2)c1. The Hall–Kier alpha value is -2.44. The van der Waals surface area contributed by atoms with E-state index in [4.69, 9.17) is 18.9 Å². The molecule has 0 radical (unpaired) electrons. The summed E-state index contributed by atoms with van der Waals surface area (Å²) in [6.45, 7) is 6.12. The smallest absolute Gasteiger partial charge is 0.410 e. The number of carbonyl (C=O) groups excluding carboxylic acids is 2. The predicted molar refractivity (Wildman–Crippen MR) is 112 cm³/mol. The van der Waals surface area contributed by atoms with Crippen LogP contribution in [-0.4, -0.2) is 56.0 Å². The topological polar surface area (TPSA) is 74.3 Å². The van der Waals surface area contributed by atoms with Crippen LogP contribution < -0.4 is 9.47 Å². The van der Waals surface area contributed by atoms with Gasteiger partial charge in [0.1, 0.15) is 5.60 Å². The van der Waals surface area contributed by atoms with Crippen molar-refractivity contribution < 1.29 is 28.5 Å². The average molecular weight is 420 g/mol. The third-order valence-corrected chi connectivity index (χ3v) is 5.69. The van der Waals surface area contributed by atoms with E-state index in [2.05, 4.69) is 0 Å². The number of hydrogen-bond acceptors (Lipinski definition) is 6. The third kappa shape index (κ3) is 5.18. The molecule has 0 N–H and O–H groups in total. The van der Waals surface area contributed by atoms with Crippen molar-refractivity contribution >= 4 is 12.1 Å². The second-order valence-corrected chi connectivity index (χ2v) is 9.06. The molecule has 2 aliphatic rings. The van der Waals surface area contributed by atoms with E-state index in [-0.39, 0.29) is 24.5 Å². The van der Waals surface area contributed by atoms with Crippen molar-refractivity contribution in [1.82, 2.24) is 4.90 Å². The fourth-order valence-corrected chi connectivity index (χ4v) is 4.21. The first-order chi connectivity index (χ1) is 14.2. The van der Waals surface area contributed by atoms with E-state index in [0.29, 0.717) is 18.0 Å². The molecule has 1 aromatic rings. The molecule has 7 heteroatoms. The molecule has 2 fully saturated rings. The molecule has 7 nitrogen and oxygen atoms in total. The van der Waals surface area contributed by atoms with Gasteiger partial charge in [-0.2, -0.15) is 0 Å². The van der Waals surface area contributed by atoms with Gasteiger partial charge in [0.2, 0.25) is 0 Å². The normalized spacial score (nSPS) is 22.1. The first-order valence-electron chi connectivity index (χ1n) is 10.6. The highest BCUT2D eigenvalue weighted by atomic mass is 16.6. The van der Waals surface area contributed by atoms with E-state index in [9.17, 15) is 9.59 Å². The molecule has 1 aliphatic heterocycles. The number of amides is 1. The molecule has 2 atom stereocenters. The molecule has 0 bridgehead atoms. The molecule has 30 heavy (non-hydrogen) atoms. The Morgan fingerprint density at radius 3 is 2.33 bits per heavy atom. The van der Waals surface area contributed by atoms with Gasteiger partial charge in [-0.3, -0.25) is 4.79 Å². The van der Waals surface area contributed by atoms with Gasteiger partial charge in [-0.1, -0.05) is 6.07 Å². The zero-order valence-corrected chi connectivity index (χ0v) is 18.6. The number of hydrogen-bond donors (Lipinski definition) is 0. The molecule has 1 saturated carbocycles. The minimum Gasteiger partial charge on any atom is -0.493 e. The van der Waals surface area contributed by atoms with Crippen LogP contribution in [0.25, 0.3) is 0 Å². The molecule has 0 unspecified atom stereocenters. The second-order valence-electron chi connectivity index (χ2n) is 9.06. The van der Waals surface area contributed by atoms with Gasteiger partial charge in [0.15, 0.2) is 11.5 Å². The van der Waals surface area contributed by atoms with Gasteiger partial charge in [0.05, 0.1) is 26.2 Å². The molecular weight excluding hydrogens is 386 g/mol. The summed E-state index contributed by atoms with van der Waals surface area (Å²) in [5, 5.41) is 0. The Balaban J connectivity index is 1.85. The molecule has 1 amide bonds. The summed E-state index contributed by atoms with van der Waals surface area (Å²) in [5.74, 6) is 0.348. The predicted octanol–water partition coefficient (Wildman–Crippen LogP) is 4.14. The van der Waals surface area contributed by atoms with Crippen LogP contribution in [0, 0.1) is 5.92 Å². The highest BCUT2D eigenvalue weighted by Gasteiger charge is 2.42. The molecule has 3 rings (SSSR count). The van der Waals surface area contributed by atoms with Gasteiger partial charge < -0.3 is 23.8 Å². The maximum Gasteiger partial charge on any atom is 0.410 e. The molecular formula is C23H33NO6. The summed E-state index contributed by atoms with van der Waals surface area (Å²) in [5.41, 5.74) is 0.323. The summed E-state index contributed by atoms with van der Waals surface area (Å²) < 4.78 is 22.2. The summed E-state index contributed by atoms with van der Waals surface area (Å²) in [7, 11) is 2.99. The largest absolute Gasteiger partial charge is 0.493 e. The highest BCUT2D eigenvalue weighted by molar-refractivity contribution is 5.77. The van der Waals surface area contributed by atoms with Crippen molar-refractivity contribution in [3.63, 3.8) is 0 Å². The van der Waals surface area contributed by atoms with Crippen LogP contribution in [-0.2, 0) is 14.3 Å². The van der Waals surface area contributed by atoms with E-state index in [1.165, 1.54) is 20.0 Å². The summed E-state index contributed by atoms with van der Waals surface area (Å²) >= 11 is 0. The first kappa shape index (κ1) is 22.2. The molecule has 1 aromatic carbocycles. The van der Waals surface area contributed by atoms with Gasteiger partial charge in [0, 0.05) is 19.0 Å². The van der Waals surface area contributed by atoms with E-state index in [0.717, 1.165) is 18.4 Å². The second kappa shape index (κ2) is 9.14. The van der Waals surface area contributed by atoms with Crippen molar-refractivity contribution in [1.29, 1.82) is 0 Å². The summed E-state index contributed by atoms with van der Waals surface area (Å²) in [4.78, 5) is 26.7. The Labute approximate surface area is 178 Å². The molecule has 0 spiro atoms. The van der Waals surface area contributed by atoms with Gasteiger partial charge in [-0.15, -0.1) is 0 Å². The van der Waals surface area contributed by atoms with Gasteiger partial charge in [-0.25, -0.2) is 4.79 Å². The quantitative estimate of drug-likeness (QED) is 0.668. The van der Waals surface area contributed by atoms with Crippen LogP contribution in [0.1, 0.15) is 57.9 Å². The van der Waals surface area contributed by atoms with Crippen LogP contribution in [0.4, 0.5) is 4.79 Å². The summed E-state index contributed by atoms with van der Waals surface area (Å²) in [6.07, 6.45) is 4.18. The molecule has 1 aliphatic carbocycles. The molecule has 166 valence electrons. The molecule has 1 saturated heterocycles. The zero-order valence-electron chi connectivity index (χ0n) is 18.6. The minimum atomic E-state index is -0.599. The van der Waals surface area contributed by atoms with Gasteiger partial charge in [0.25, 0.3) is 0 Å². The number of ether oxygens (including phenoxy) is 4. The van der Waals surface area contributed by atoms with Gasteiger partial charge >= 0.3 is 12.1 Å². The number of carbonyl (C=O) groups is 2. The van der Waals surface area contributed by atoms with E-state index in [1.807, 2.05) is 39.0 Å². The van der Waals surface area contributed by atoms with Crippen LogP contribution in [0.3, 0.4) is 0 Å². The van der Waals surface area contributed by atoms with Crippen molar-refractivity contribution in [2.45, 2.75) is 64.1 Å². The number of methoxy groups -OCH3 is 2. The third-order valence-electron chi connectivity index (χ3n) is 5.69. The summed E-state index contributed by atoms with van der Waals surface area (Å²) in [6, 6.07) is 5.74. The maximum absolute atomic E-state index is 12.6.